The van der Waals surface area contributed by atoms with Crippen LogP contribution < -0.4 is 10.6 Å². The van der Waals surface area contributed by atoms with Gasteiger partial charge in [-0.1, -0.05) is 30.3 Å². The first-order valence-corrected chi connectivity index (χ1v) is 6.91. The van der Waals surface area contributed by atoms with Crippen molar-refractivity contribution in [3.8, 4) is 0 Å². The number of aliphatic imine (C=N–C) groups is 1. The van der Waals surface area contributed by atoms with Crippen LogP contribution in [0.3, 0.4) is 0 Å². The van der Waals surface area contributed by atoms with E-state index in [1.54, 1.807) is 19.3 Å². The third-order valence-electron chi connectivity index (χ3n) is 3.01. The molecule has 118 valence electrons. The summed E-state index contributed by atoms with van der Waals surface area (Å²) in [6.45, 7) is 5.94. The van der Waals surface area contributed by atoms with E-state index in [1.165, 1.54) is 11.1 Å². The van der Waals surface area contributed by atoms with Gasteiger partial charge in [0.2, 0.25) is 0 Å². The number of nitrogens with one attached hydrogen (secondary N) is 2. The zero-order valence-corrected chi connectivity index (χ0v) is 15.0. The molecule has 2 aromatic rings. The zero-order valence-electron chi connectivity index (χ0n) is 12.7. The van der Waals surface area contributed by atoms with Crippen molar-refractivity contribution in [2.24, 2.45) is 4.99 Å². The second-order valence-corrected chi connectivity index (χ2v) is 4.65. The summed E-state index contributed by atoms with van der Waals surface area (Å²) in [5.41, 5.74) is 2.47. The number of rotatable bonds is 6. The van der Waals surface area contributed by atoms with Crippen LogP contribution in [0.4, 0.5) is 0 Å². The molecule has 1 aromatic heterocycles. The molecule has 2 N–H and O–H groups in total. The molecule has 0 bridgehead atoms. The van der Waals surface area contributed by atoms with Crippen molar-refractivity contribution in [3.63, 3.8) is 0 Å². The molecule has 0 spiro atoms. The van der Waals surface area contributed by atoms with Gasteiger partial charge in [-0.05, 0) is 11.1 Å². The monoisotopic (exact) mass is 411 g/mol. The summed E-state index contributed by atoms with van der Waals surface area (Å²) in [4.78, 5) is 8.22. The minimum absolute atomic E-state index is 0. The lowest BCUT2D eigenvalue weighted by molar-refractivity contribution is 0.791. The minimum atomic E-state index is 0. The predicted octanol–water partition coefficient (Wildman–Crippen LogP) is 2.40. The summed E-state index contributed by atoms with van der Waals surface area (Å²) in [6.07, 6.45) is 7.39. The van der Waals surface area contributed by atoms with Crippen LogP contribution in [0.15, 0.2) is 60.6 Å². The number of hydrogen-bond donors (Lipinski definition) is 2. The molecule has 5 nitrogen and oxygen atoms in total. The Labute approximate surface area is 148 Å². The Bertz CT molecular complexity index is 592. The van der Waals surface area contributed by atoms with Gasteiger partial charge in [0.05, 0.1) is 6.33 Å². The van der Waals surface area contributed by atoms with Crippen LogP contribution in [0, 0.1) is 0 Å². The molecule has 6 heteroatoms. The maximum Gasteiger partial charge on any atom is 0.191 e. The first kappa shape index (κ1) is 18.2. The Kier molecular flexibility index (Phi) is 8.27. The number of halogens is 1. The predicted molar refractivity (Wildman–Crippen MR) is 102 cm³/mol. The minimum Gasteiger partial charge on any atom is -0.353 e. The van der Waals surface area contributed by atoms with Gasteiger partial charge >= 0.3 is 0 Å². The largest absolute Gasteiger partial charge is 0.353 e. The number of hydrogen-bond acceptors (Lipinski definition) is 2. The van der Waals surface area contributed by atoms with E-state index in [1.807, 2.05) is 12.5 Å². The van der Waals surface area contributed by atoms with Gasteiger partial charge in [0.15, 0.2) is 5.96 Å². The van der Waals surface area contributed by atoms with Crippen LogP contribution in [0.25, 0.3) is 0 Å². The van der Waals surface area contributed by atoms with Crippen molar-refractivity contribution < 1.29 is 0 Å². The van der Waals surface area contributed by atoms with Gasteiger partial charge in [-0.2, -0.15) is 0 Å². The van der Waals surface area contributed by atoms with Crippen LogP contribution in [0.5, 0.6) is 0 Å². The molecule has 0 radical (unpaired) electrons. The first-order valence-electron chi connectivity index (χ1n) is 6.91. The molecular formula is C16H22IN5. The number of imidazole rings is 1. The molecule has 0 amide bonds. The van der Waals surface area contributed by atoms with E-state index < -0.39 is 0 Å². The van der Waals surface area contributed by atoms with E-state index in [9.17, 15) is 0 Å². The second kappa shape index (κ2) is 9.99. The maximum absolute atomic E-state index is 4.16. The summed E-state index contributed by atoms with van der Waals surface area (Å²) in [5.74, 6) is 0.773. The number of aromatic nitrogens is 2. The second-order valence-electron chi connectivity index (χ2n) is 4.65. The van der Waals surface area contributed by atoms with E-state index in [2.05, 4.69) is 56.0 Å². The Hall–Kier alpha value is -1.83. The molecule has 0 atom stereocenters. The highest BCUT2D eigenvalue weighted by molar-refractivity contribution is 14.0. The Balaban J connectivity index is 0.00000242. The highest BCUT2D eigenvalue weighted by Crippen LogP contribution is 2.07. The van der Waals surface area contributed by atoms with Gasteiger partial charge in [0, 0.05) is 39.1 Å². The molecule has 22 heavy (non-hydrogen) atoms. The van der Waals surface area contributed by atoms with Crippen molar-refractivity contribution in [3.05, 3.63) is 66.8 Å². The van der Waals surface area contributed by atoms with Gasteiger partial charge in [-0.3, -0.25) is 4.99 Å². The van der Waals surface area contributed by atoms with Gasteiger partial charge in [-0.15, -0.1) is 30.6 Å². The third-order valence-corrected chi connectivity index (χ3v) is 3.01. The van der Waals surface area contributed by atoms with Gasteiger partial charge in [0.25, 0.3) is 0 Å². The summed E-state index contributed by atoms with van der Waals surface area (Å²) in [7, 11) is 1.76. The summed E-state index contributed by atoms with van der Waals surface area (Å²) < 4.78 is 2.05. The first-order chi connectivity index (χ1) is 10.3. The van der Waals surface area contributed by atoms with Crippen LogP contribution in [0.2, 0.25) is 0 Å². The standard InChI is InChI=1S/C16H21N5.HI/c1-3-7-19-16(17-2)20-11-14-5-4-6-15(10-14)12-21-9-8-18-13-21;/h3-6,8-10,13H,1,7,11-12H2,2H3,(H2,17,19,20);1H. The SMILES string of the molecule is C=CCNC(=NC)NCc1cccc(Cn2ccnc2)c1.I. The van der Waals surface area contributed by atoms with E-state index in [-0.39, 0.29) is 24.0 Å². The smallest absolute Gasteiger partial charge is 0.191 e. The molecular weight excluding hydrogens is 389 g/mol. The molecule has 0 aliphatic carbocycles. The van der Waals surface area contributed by atoms with Crippen LogP contribution in [-0.4, -0.2) is 29.1 Å². The van der Waals surface area contributed by atoms with Gasteiger partial charge in [0.1, 0.15) is 0 Å². The summed E-state index contributed by atoms with van der Waals surface area (Å²) in [6, 6.07) is 8.48. The van der Waals surface area contributed by atoms with Gasteiger partial charge in [-0.25, -0.2) is 4.98 Å². The molecule has 1 aromatic carbocycles. The number of guanidine groups is 1. The fourth-order valence-corrected chi connectivity index (χ4v) is 2.00. The van der Waals surface area contributed by atoms with Crippen molar-refractivity contribution in [2.45, 2.75) is 13.1 Å². The fraction of sp³-hybridized carbons (Fsp3) is 0.250. The normalized spacial score (nSPS) is 10.7. The molecule has 0 aliphatic heterocycles. The van der Waals surface area contributed by atoms with Crippen LogP contribution >= 0.6 is 24.0 Å². The lowest BCUT2D eigenvalue weighted by atomic mass is 10.1. The van der Waals surface area contributed by atoms with E-state index >= 15 is 0 Å². The molecule has 2 rings (SSSR count). The molecule has 0 saturated heterocycles. The van der Waals surface area contributed by atoms with Gasteiger partial charge < -0.3 is 15.2 Å². The van der Waals surface area contributed by atoms with Crippen molar-refractivity contribution in [1.82, 2.24) is 20.2 Å². The quantitative estimate of drug-likeness (QED) is 0.332. The van der Waals surface area contributed by atoms with Crippen molar-refractivity contribution in [2.75, 3.05) is 13.6 Å². The molecule has 0 fully saturated rings. The number of benzene rings is 1. The Morgan fingerprint density at radius 2 is 2.18 bits per heavy atom. The fourth-order valence-electron chi connectivity index (χ4n) is 2.00. The highest BCUT2D eigenvalue weighted by atomic mass is 127. The average molecular weight is 411 g/mol. The maximum atomic E-state index is 4.16. The average Bonchev–Trinajstić information content (AvgIpc) is 3.01. The molecule has 1 heterocycles. The van der Waals surface area contributed by atoms with Crippen molar-refractivity contribution >= 4 is 29.9 Å². The number of nitrogens with zero attached hydrogens (tertiary/aromatic N) is 3. The lowest BCUT2D eigenvalue weighted by Gasteiger charge is -2.11. The summed E-state index contributed by atoms with van der Waals surface area (Å²) in [5, 5.41) is 6.43. The van der Waals surface area contributed by atoms with Crippen LogP contribution in [0.1, 0.15) is 11.1 Å². The highest BCUT2D eigenvalue weighted by Gasteiger charge is 1.99. The van der Waals surface area contributed by atoms with Crippen LogP contribution in [-0.2, 0) is 13.1 Å². The molecule has 0 saturated carbocycles. The molecule has 0 aliphatic rings. The summed E-state index contributed by atoms with van der Waals surface area (Å²) >= 11 is 0. The zero-order chi connectivity index (χ0) is 14.9. The van der Waals surface area contributed by atoms with E-state index in [0.717, 1.165) is 19.0 Å². The molecule has 0 unspecified atom stereocenters. The van der Waals surface area contributed by atoms with E-state index in [4.69, 9.17) is 0 Å². The Morgan fingerprint density at radius 3 is 2.86 bits per heavy atom. The van der Waals surface area contributed by atoms with Crippen molar-refractivity contribution in [1.29, 1.82) is 0 Å². The third kappa shape index (κ3) is 5.88. The topological polar surface area (TPSA) is 54.2 Å². The lowest BCUT2D eigenvalue weighted by Crippen LogP contribution is -2.36. The van der Waals surface area contributed by atoms with E-state index in [0.29, 0.717) is 6.54 Å². The Morgan fingerprint density at radius 1 is 1.36 bits per heavy atom.